The molecule has 1 N–H and O–H groups in total. The molecule has 0 fully saturated rings. The van der Waals surface area contributed by atoms with Crippen LogP contribution in [0.1, 0.15) is 22.1 Å². The summed E-state index contributed by atoms with van der Waals surface area (Å²) in [5, 5.41) is 9.27. The Hall–Kier alpha value is -3.00. The summed E-state index contributed by atoms with van der Waals surface area (Å²) in [6.45, 7) is 0. The Balaban J connectivity index is 2.04. The number of benzene rings is 2. The molecule has 0 saturated heterocycles. The minimum Gasteiger partial charge on any atom is -0.340 e. The monoisotopic (exact) mass is 279 g/mol. The van der Waals surface area contributed by atoms with E-state index in [2.05, 4.69) is 9.97 Å². The molecule has 5 heteroatoms. The topological polar surface area (TPSA) is 69.5 Å². The molecule has 3 rings (SSSR count). The molecule has 1 atom stereocenters. The molecule has 0 spiro atoms. The second kappa shape index (κ2) is 5.17. The molecular weight excluding hydrogens is 269 g/mol. The van der Waals surface area contributed by atoms with Gasteiger partial charge in [-0.25, -0.2) is 9.37 Å². The van der Waals surface area contributed by atoms with Gasteiger partial charge < -0.3 is 4.98 Å². The third-order valence-electron chi connectivity index (χ3n) is 3.21. The smallest absolute Gasteiger partial charge is 0.190 e. The number of carbonyl (C=O) groups excluding carboxylic acids is 1. The van der Waals surface area contributed by atoms with Crippen LogP contribution in [0.5, 0.6) is 0 Å². The van der Waals surface area contributed by atoms with Gasteiger partial charge in [-0.1, -0.05) is 24.3 Å². The molecule has 0 aliphatic heterocycles. The zero-order valence-corrected chi connectivity index (χ0v) is 10.9. The van der Waals surface area contributed by atoms with Crippen molar-refractivity contribution in [3.8, 4) is 6.07 Å². The number of aromatic amines is 1. The molecule has 0 bridgehead atoms. The standard InChI is InChI=1S/C16H10FN3O/c17-12-6-2-1-5-10(12)15(21)11(9-18)16-19-13-7-3-4-8-14(13)20-16/h1-8,11H,(H,19,20)/t11-/m1/s1. The second-order valence-corrected chi connectivity index (χ2v) is 4.55. The highest BCUT2D eigenvalue weighted by molar-refractivity contribution is 6.02. The van der Waals surface area contributed by atoms with Crippen molar-refractivity contribution in [2.45, 2.75) is 5.92 Å². The largest absolute Gasteiger partial charge is 0.340 e. The quantitative estimate of drug-likeness (QED) is 0.748. The molecule has 1 aromatic heterocycles. The Morgan fingerprint density at radius 1 is 1.19 bits per heavy atom. The summed E-state index contributed by atoms with van der Waals surface area (Å²) >= 11 is 0. The maximum Gasteiger partial charge on any atom is 0.190 e. The number of imidazole rings is 1. The number of carbonyl (C=O) groups is 1. The SMILES string of the molecule is N#C[C@H](C(=O)c1ccccc1F)c1nc2ccccc2[nH]1. The Morgan fingerprint density at radius 2 is 1.90 bits per heavy atom. The van der Waals surface area contributed by atoms with Gasteiger partial charge in [0.25, 0.3) is 0 Å². The summed E-state index contributed by atoms with van der Waals surface area (Å²) in [6, 6.07) is 14.7. The maximum absolute atomic E-state index is 13.7. The molecule has 102 valence electrons. The average molecular weight is 279 g/mol. The Kier molecular flexibility index (Phi) is 3.20. The molecule has 4 nitrogen and oxygen atoms in total. The van der Waals surface area contributed by atoms with E-state index < -0.39 is 17.5 Å². The van der Waals surface area contributed by atoms with E-state index in [1.54, 1.807) is 18.2 Å². The number of aromatic nitrogens is 2. The summed E-state index contributed by atoms with van der Waals surface area (Å²) in [4.78, 5) is 19.5. The van der Waals surface area contributed by atoms with Crippen molar-refractivity contribution >= 4 is 16.8 Å². The van der Waals surface area contributed by atoms with Gasteiger partial charge in [0.1, 0.15) is 11.6 Å². The minimum atomic E-state index is -1.16. The van der Waals surface area contributed by atoms with Gasteiger partial charge in [-0.15, -0.1) is 0 Å². The van der Waals surface area contributed by atoms with Crippen LogP contribution in [-0.4, -0.2) is 15.8 Å². The van der Waals surface area contributed by atoms with Gasteiger partial charge in [-0.05, 0) is 24.3 Å². The van der Waals surface area contributed by atoms with E-state index in [0.717, 1.165) is 5.52 Å². The molecule has 0 amide bonds. The van der Waals surface area contributed by atoms with E-state index in [1.165, 1.54) is 18.2 Å². The number of ketones is 1. The highest BCUT2D eigenvalue weighted by Crippen LogP contribution is 2.22. The number of nitrogens with one attached hydrogen (secondary N) is 1. The number of H-pyrrole nitrogens is 1. The zero-order valence-electron chi connectivity index (χ0n) is 10.9. The van der Waals surface area contributed by atoms with Crippen LogP contribution in [0.15, 0.2) is 48.5 Å². The Morgan fingerprint density at radius 3 is 2.62 bits per heavy atom. The van der Waals surface area contributed by atoms with Crippen LogP contribution in [0.25, 0.3) is 11.0 Å². The summed E-state index contributed by atoms with van der Waals surface area (Å²) in [7, 11) is 0. The van der Waals surface area contributed by atoms with E-state index in [-0.39, 0.29) is 11.4 Å². The minimum absolute atomic E-state index is 0.107. The van der Waals surface area contributed by atoms with Gasteiger partial charge in [0.15, 0.2) is 11.7 Å². The Bertz CT molecular complexity index is 830. The molecule has 0 unspecified atom stereocenters. The van der Waals surface area contributed by atoms with Crippen molar-refractivity contribution < 1.29 is 9.18 Å². The summed E-state index contributed by atoms with van der Waals surface area (Å²) in [5.74, 6) is -2.17. The van der Waals surface area contributed by atoms with Crippen LogP contribution in [-0.2, 0) is 0 Å². The number of rotatable bonds is 3. The molecule has 21 heavy (non-hydrogen) atoms. The predicted molar refractivity (Wildman–Crippen MR) is 75.2 cm³/mol. The van der Waals surface area contributed by atoms with E-state index >= 15 is 0 Å². The van der Waals surface area contributed by atoms with Crippen LogP contribution in [0, 0.1) is 17.1 Å². The van der Waals surface area contributed by atoms with Crippen LogP contribution in [0.2, 0.25) is 0 Å². The summed E-state index contributed by atoms with van der Waals surface area (Å²) in [6.07, 6.45) is 0. The summed E-state index contributed by atoms with van der Waals surface area (Å²) < 4.78 is 13.7. The third kappa shape index (κ3) is 2.28. The second-order valence-electron chi connectivity index (χ2n) is 4.55. The van der Waals surface area contributed by atoms with Crippen molar-refractivity contribution in [3.63, 3.8) is 0 Å². The molecule has 0 aliphatic rings. The molecule has 3 aromatic rings. The van der Waals surface area contributed by atoms with Gasteiger partial charge in [0.2, 0.25) is 0 Å². The van der Waals surface area contributed by atoms with E-state index in [1.807, 2.05) is 18.2 Å². The highest BCUT2D eigenvalue weighted by Gasteiger charge is 2.26. The number of hydrogen-bond donors (Lipinski definition) is 1. The first-order valence-electron chi connectivity index (χ1n) is 6.33. The van der Waals surface area contributed by atoms with Crippen LogP contribution < -0.4 is 0 Å². The van der Waals surface area contributed by atoms with Crippen molar-refractivity contribution in [2.24, 2.45) is 0 Å². The molecule has 0 aliphatic carbocycles. The van der Waals surface area contributed by atoms with Crippen molar-refractivity contribution in [1.82, 2.24) is 9.97 Å². The normalized spacial score (nSPS) is 12.0. The zero-order chi connectivity index (χ0) is 14.8. The van der Waals surface area contributed by atoms with Gasteiger partial charge >= 0.3 is 0 Å². The van der Waals surface area contributed by atoms with E-state index in [9.17, 15) is 14.4 Å². The number of halogens is 1. The van der Waals surface area contributed by atoms with Gasteiger partial charge in [-0.2, -0.15) is 5.26 Å². The van der Waals surface area contributed by atoms with Gasteiger partial charge in [0, 0.05) is 0 Å². The lowest BCUT2D eigenvalue weighted by atomic mass is 9.98. The predicted octanol–water partition coefficient (Wildman–Crippen LogP) is 3.19. The summed E-state index contributed by atoms with van der Waals surface area (Å²) in [5.41, 5.74) is 1.28. The van der Waals surface area contributed by atoms with Crippen molar-refractivity contribution in [3.05, 3.63) is 65.7 Å². The average Bonchev–Trinajstić information content (AvgIpc) is 2.91. The number of nitriles is 1. The van der Waals surface area contributed by atoms with Crippen molar-refractivity contribution in [2.75, 3.05) is 0 Å². The highest BCUT2D eigenvalue weighted by atomic mass is 19.1. The lowest BCUT2D eigenvalue weighted by molar-refractivity contribution is 0.0972. The number of fused-ring (bicyclic) bond motifs is 1. The lowest BCUT2D eigenvalue weighted by Crippen LogP contribution is -2.14. The fourth-order valence-electron chi connectivity index (χ4n) is 2.17. The van der Waals surface area contributed by atoms with Gasteiger partial charge in [0.05, 0.1) is 22.7 Å². The van der Waals surface area contributed by atoms with E-state index in [0.29, 0.717) is 5.52 Å². The molecule has 2 aromatic carbocycles. The van der Waals surface area contributed by atoms with Crippen LogP contribution in [0.3, 0.4) is 0 Å². The molecule has 0 saturated carbocycles. The van der Waals surface area contributed by atoms with Crippen molar-refractivity contribution in [1.29, 1.82) is 5.26 Å². The fourth-order valence-corrected chi connectivity index (χ4v) is 2.17. The first-order valence-corrected chi connectivity index (χ1v) is 6.33. The van der Waals surface area contributed by atoms with Crippen LogP contribution in [0.4, 0.5) is 4.39 Å². The molecular formula is C16H10FN3O. The first-order chi connectivity index (χ1) is 10.2. The maximum atomic E-state index is 13.7. The number of Topliss-reactive ketones (excluding diaryl/α,β-unsaturated/α-hetero) is 1. The Labute approximate surface area is 119 Å². The lowest BCUT2D eigenvalue weighted by Gasteiger charge is -2.06. The number of para-hydroxylation sites is 2. The first kappa shape index (κ1) is 13.0. The number of nitrogens with zero attached hydrogens (tertiary/aromatic N) is 2. The third-order valence-corrected chi connectivity index (χ3v) is 3.21. The van der Waals surface area contributed by atoms with Gasteiger partial charge in [-0.3, -0.25) is 4.79 Å². The van der Waals surface area contributed by atoms with Crippen LogP contribution >= 0.6 is 0 Å². The number of hydrogen-bond acceptors (Lipinski definition) is 3. The van der Waals surface area contributed by atoms with E-state index in [4.69, 9.17) is 0 Å². The molecule has 0 radical (unpaired) electrons. The molecule has 1 heterocycles. The fraction of sp³-hybridized carbons (Fsp3) is 0.0625.